The van der Waals surface area contributed by atoms with Crippen molar-refractivity contribution in [3.8, 4) is 5.75 Å². The zero-order chi connectivity index (χ0) is 14.8. The lowest BCUT2D eigenvalue weighted by Gasteiger charge is -2.21. The lowest BCUT2D eigenvalue weighted by atomic mass is 10.0. The number of halogens is 1. The predicted octanol–water partition coefficient (Wildman–Crippen LogP) is 5.22. The molecule has 1 N–H and O–H groups in total. The minimum absolute atomic E-state index is 0.316. The standard InChI is InChI=1S/C18H20ClNO/c1-12-3-10-17(16(19)11-12)20-18(13-4-5-13)14-6-8-15(21-2)9-7-14/h3,6-11,13,18,20H,4-5H2,1-2H3. The minimum atomic E-state index is 0.316. The van der Waals surface area contributed by atoms with Crippen molar-refractivity contribution >= 4 is 17.3 Å². The number of aryl methyl sites for hydroxylation is 1. The molecular weight excluding hydrogens is 282 g/mol. The number of rotatable bonds is 5. The van der Waals surface area contributed by atoms with E-state index in [4.69, 9.17) is 16.3 Å². The smallest absolute Gasteiger partial charge is 0.118 e. The predicted molar refractivity (Wildman–Crippen MR) is 88.3 cm³/mol. The van der Waals surface area contributed by atoms with E-state index in [1.54, 1.807) is 7.11 Å². The summed E-state index contributed by atoms with van der Waals surface area (Å²) in [5.41, 5.74) is 3.47. The summed E-state index contributed by atoms with van der Waals surface area (Å²) in [7, 11) is 1.69. The van der Waals surface area contributed by atoms with Crippen molar-refractivity contribution in [3.63, 3.8) is 0 Å². The molecule has 1 atom stereocenters. The highest BCUT2D eigenvalue weighted by Gasteiger charge is 2.32. The number of hydrogen-bond acceptors (Lipinski definition) is 2. The van der Waals surface area contributed by atoms with Gasteiger partial charge in [-0.15, -0.1) is 0 Å². The molecule has 21 heavy (non-hydrogen) atoms. The summed E-state index contributed by atoms with van der Waals surface area (Å²) in [6.45, 7) is 2.05. The number of benzene rings is 2. The molecule has 0 heterocycles. The summed E-state index contributed by atoms with van der Waals surface area (Å²) in [5.74, 6) is 1.58. The first-order valence-electron chi connectivity index (χ1n) is 7.34. The number of methoxy groups -OCH3 is 1. The monoisotopic (exact) mass is 301 g/mol. The third-order valence-corrected chi connectivity index (χ3v) is 4.32. The van der Waals surface area contributed by atoms with Crippen LogP contribution in [0.4, 0.5) is 5.69 Å². The Hall–Kier alpha value is -1.67. The van der Waals surface area contributed by atoms with Crippen molar-refractivity contribution in [2.24, 2.45) is 5.92 Å². The zero-order valence-electron chi connectivity index (χ0n) is 12.4. The van der Waals surface area contributed by atoms with Crippen LogP contribution in [-0.4, -0.2) is 7.11 Å². The minimum Gasteiger partial charge on any atom is -0.497 e. The lowest BCUT2D eigenvalue weighted by molar-refractivity contribution is 0.414. The van der Waals surface area contributed by atoms with Crippen LogP contribution in [0.5, 0.6) is 5.75 Å². The highest BCUT2D eigenvalue weighted by Crippen LogP contribution is 2.44. The fraction of sp³-hybridized carbons (Fsp3) is 0.333. The Labute approximate surface area is 131 Å². The first-order chi connectivity index (χ1) is 10.2. The van der Waals surface area contributed by atoms with Crippen LogP contribution in [0, 0.1) is 12.8 Å². The molecule has 1 saturated carbocycles. The molecule has 1 aliphatic rings. The summed E-state index contributed by atoms with van der Waals surface area (Å²) in [6.07, 6.45) is 2.54. The molecule has 1 unspecified atom stereocenters. The average Bonchev–Trinajstić information content (AvgIpc) is 3.31. The highest BCUT2D eigenvalue weighted by molar-refractivity contribution is 6.33. The molecule has 0 spiro atoms. The number of anilines is 1. The van der Waals surface area contributed by atoms with Crippen LogP contribution in [0.15, 0.2) is 42.5 Å². The molecule has 2 aromatic rings. The summed E-state index contributed by atoms with van der Waals surface area (Å²) < 4.78 is 5.23. The van der Waals surface area contributed by atoms with Gasteiger partial charge in [0.25, 0.3) is 0 Å². The molecule has 3 rings (SSSR count). The molecule has 0 saturated heterocycles. The van der Waals surface area contributed by atoms with E-state index in [2.05, 4.69) is 36.5 Å². The third kappa shape index (κ3) is 3.33. The van der Waals surface area contributed by atoms with Crippen molar-refractivity contribution in [2.45, 2.75) is 25.8 Å². The average molecular weight is 302 g/mol. The summed E-state index contributed by atoms with van der Waals surface area (Å²) in [4.78, 5) is 0. The van der Waals surface area contributed by atoms with Gasteiger partial charge in [-0.2, -0.15) is 0 Å². The first-order valence-corrected chi connectivity index (χ1v) is 7.72. The second-order valence-corrected chi connectivity index (χ2v) is 6.12. The van der Waals surface area contributed by atoms with Crippen molar-refractivity contribution in [1.29, 1.82) is 0 Å². The van der Waals surface area contributed by atoms with Crippen LogP contribution in [0.2, 0.25) is 5.02 Å². The molecule has 1 fully saturated rings. The van der Waals surface area contributed by atoms with Gasteiger partial charge >= 0.3 is 0 Å². The summed E-state index contributed by atoms with van der Waals surface area (Å²) in [5, 5.41) is 4.40. The van der Waals surface area contributed by atoms with E-state index in [0.717, 1.165) is 16.5 Å². The van der Waals surface area contributed by atoms with Gasteiger partial charge < -0.3 is 10.1 Å². The summed E-state index contributed by atoms with van der Waals surface area (Å²) >= 11 is 6.35. The molecule has 0 aromatic heterocycles. The molecule has 110 valence electrons. The molecule has 2 nitrogen and oxygen atoms in total. The van der Waals surface area contributed by atoms with Crippen LogP contribution in [0.25, 0.3) is 0 Å². The molecule has 0 aliphatic heterocycles. The van der Waals surface area contributed by atoms with Crippen LogP contribution in [-0.2, 0) is 0 Å². The number of hydrogen-bond donors (Lipinski definition) is 1. The molecule has 0 bridgehead atoms. The Morgan fingerprint density at radius 2 is 1.86 bits per heavy atom. The van der Waals surface area contributed by atoms with Crippen molar-refractivity contribution < 1.29 is 4.74 Å². The first kappa shape index (κ1) is 14.3. The van der Waals surface area contributed by atoms with Crippen molar-refractivity contribution in [3.05, 3.63) is 58.6 Å². The van der Waals surface area contributed by atoms with E-state index < -0.39 is 0 Å². The molecular formula is C18H20ClNO. The number of ether oxygens (including phenoxy) is 1. The zero-order valence-corrected chi connectivity index (χ0v) is 13.2. The topological polar surface area (TPSA) is 21.3 Å². The van der Waals surface area contributed by atoms with Gasteiger partial charge in [-0.05, 0) is 61.1 Å². The second-order valence-electron chi connectivity index (χ2n) is 5.72. The maximum atomic E-state index is 6.35. The Morgan fingerprint density at radius 1 is 1.14 bits per heavy atom. The van der Waals surface area contributed by atoms with Crippen LogP contribution >= 0.6 is 11.6 Å². The fourth-order valence-corrected chi connectivity index (χ4v) is 2.91. The van der Waals surface area contributed by atoms with Crippen LogP contribution < -0.4 is 10.1 Å². The van der Waals surface area contributed by atoms with E-state index in [1.165, 1.54) is 24.0 Å². The normalized spacial score (nSPS) is 15.6. The molecule has 0 amide bonds. The van der Waals surface area contributed by atoms with Crippen LogP contribution in [0.3, 0.4) is 0 Å². The van der Waals surface area contributed by atoms with Gasteiger partial charge in [0.1, 0.15) is 5.75 Å². The highest BCUT2D eigenvalue weighted by atomic mass is 35.5. The SMILES string of the molecule is COc1ccc(C(Nc2ccc(C)cc2Cl)C2CC2)cc1. The quantitative estimate of drug-likeness (QED) is 0.817. The molecule has 1 aliphatic carbocycles. The van der Waals surface area contributed by atoms with Crippen molar-refractivity contribution in [1.82, 2.24) is 0 Å². The number of nitrogens with one attached hydrogen (secondary N) is 1. The van der Waals surface area contributed by atoms with Gasteiger partial charge in [0.15, 0.2) is 0 Å². The Bertz CT molecular complexity index is 620. The largest absolute Gasteiger partial charge is 0.497 e. The molecule has 0 radical (unpaired) electrons. The summed E-state index contributed by atoms with van der Waals surface area (Å²) in [6, 6.07) is 14.8. The van der Waals surface area contributed by atoms with E-state index in [-0.39, 0.29) is 0 Å². The van der Waals surface area contributed by atoms with Crippen molar-refractivity contribution in [2.75, 3.05) is 12.4 Å². The Kier molecular flexibility index (Phi) is 4.07. The second kappa shape index (κ2) is 5.98. The third-order valence-electron chi connectivity index (χ3n) is 4.00. The van der Waals surface area contributed by atoms with Crippen LogP contribution in [0.1, 0.15) is 30.0 Å². The van der Waals surface area contributed by atoms with Gasteiger partial charge in [0.05, 0.1) is 23.9 Å². The van der Waals surface area contributed by atoms with Gasteiger partial charge in [0.2, 0.25) is 0 Å². The van der Waals surface area contributed by atoms with E-state index in [0.29, 0.717) is 12.0 Å². The van der Waals surface area contributed by atoms with E-state index in [9.17, 15) is 0 Å². The lowest BCUT2D eigenvalue weighted by Crippen LogP contribution is -2.13. The maximum absolute atomic E-state index is 6.35. The Morgan fingerprint density at radius 3 is 2.43 bits per heavy atom. The maximum Gasteiger partial charge on any atom is 0.118 e. The van der Waals surface area contributed by atoms with Gasteiger partial charge in [0, 0.05) is 0 Å². The Balaban J connectivity index is 1.84. The van der Waals surface area contributed by atoms with Gasteiger partial charge in [-0.1, -0.05) is 29.8 Å². The van der Waals surface area contributed by atoms with E-state index in [1.807, 2.05) is 18.2 Å². The molecule has 2 aromatic carbocycles. The van der Waals surface area contributed by atoms with Gasteiger partial charge in [-0.3, -0.25) is 0 Å². The fourth-order valence-electron chi connectivity index (χ4n) is 2.62. The van der Waals surface area contributed by atoms with Gasteiger partial charge in [-0.25, -0.2) is 0 Å². The van der Waals surface area contributed by atoms with E-state index >= 15 is 0 Å². The molecule has 3 heteroatoms.